The topological polar surface area (TPSA) is 24.5 Å². The Kier molecular flexibility index (Phi) is 6.07. The van der Waals surface area contributed by atoms with Crippen molar-refractivity contribution in [3.8, 4) is 5.75 Å². The van der Waals surface area contributed by atoms with Crippen LogP contribution in [-0.4, -0.2) is 37.2 Å². The third kappa shape index (κ3) is 4.21. The molecule has 1 aliphatic rings. The molecular formula is C18H30N2O. The third-order valence-electron chi connectivity index (χ3n) is 4.72. The second-order valence-electron chi connectivity index (χ2n) is 6.21. The predicted molar refractivity (Wildman–Crippen MR) is 88.9 cm³/mol. The summed E-state index contributed by atoms with van der Waals surface area (Å²) in [5.41, 5.74) is 1.32. The lowest BCUT2D eigenvalue weighted by atomic mass is 9.95. The van der Waals surface area contributed by atoms with E-state index in [4.69, 9.17) is 4.74 Å². The third-order valence-corrected chi connectivity index (χ3v) is 4.72. The first-order valence-electron chi connectivity index (χ1n) is 8.28. The maximum Gasteiger partial charge on any atom is 0.119 e. The first kappa shape index (κ1) is 16.3. The summed E-state index contributed by atoms with van der Waals surface area (Å²) in [6, 6.07) is 10.2. The molecule has 0 radical (unpaired) electrons. The lowest BCUT2D eigenvalue weighted by Gasteiger charge is -2.41. The van der Waals surface area contributed by atoms with Crippen LogP contribution < -0.4 is 10.1 Å². The van der Waals surface area contributed by atoms with E-state index in [1.807, 2.05) is 6.07 Å². The first-order valence-corrected chi connectivity index (χ1v) is 8.28. The van der Waals surface area contributed by atoms with Gasteiger partial charge in [-0.05, 0) is 50.9 Å². The molecule has 3 heteroatoms. The highest BCUT2D eigenvalue weighted by Gasteiger charge is 2.27. The molecule has 1 heterocycles. The Morgan fingerprint density at radius 1 is 1.29 bits per heavy atom. The molecule has 0 aromatic heterocycles. The molecule has 1 saturated heterocycles. The van der Waals surface area contributed by atoms with Gasteiger partial charge in [-0.2, -0.15) is 0 Å². The fourth-order valence-electron chi connectivity index (χ4n) is 3.44. The molecule has 0 bridgehead atoms. The van der Waals surface area contributed by atoms with E-state index in [9.17, 15) is 0 Å². The Morgan fingerprint density at radius 2 is 2.00 bits per heavy atom. The second-order valence-corrected chi connectivity index (χ2v) is 6.21. The zero-order valence-electron chi connectivity index (χ0n) is 13.9. The van der Waals surface area contributed by atoms with Crippen molar-refractivity contribution >= 4 is 0 Å². The van der Waals surface area contributed by atoms with Crippen molar-refractivity contribution in [2.45, 2.75) is 58.2 Å². The van der Waals surface area contributed by atoms with Crippen LogP contribution in [0.15, 0.2) is 24.3 Å². The molecule has 0 aliphatic carbocycles. The van der Waals surface area contributed by atoms with Gasteiger partial charge in [-0.15, -0.1) is 0 Å². The standard InChI is InChI=1S/C18H30N2O/c1-5-19-18(16-10-7-11-17(12-16)21-4)13-20-14(2)8-6-9-15(20)3/h7,10-12,14-15,18-19H,5-6,8-9,13H2,1-4H3/t14-,15+,18?. The lowest BCUT2D eigenvalue weighted by molar-refractivity contribution is 0.0910. The Hall–Kier alpha value is -1.06. The van der Waals surface area contributed by atoms with Crippen molar-refractivity contribution in [3.05, 3.63) is 29.8 Å². The number of likely N-dealkylation sites (tertiary alicyclic amines) is 1. The highest BCUT2D eigenvalue weighted by molar-refractivity contribution is 5.30. The van der Waals surface area contributed by atoms with Gasteiger partial charge in [0.05, 0.1) is 7.11 Å². The summed E-state index contributed by atoms with van der Waals surface area (Å²) in [5, 5.41) is 3.64. The Labute approximate surface area is 129 Å². The van der Waals surface area contributed by atoms with Crippen LogP contribution in [0.25, 0.3) is 0 Å². The van der Waals surface area contributed by atoms with Crippen LogP contribution in [0.2, 0.25) is 0 Å². The average Bonchev–Trinajstić information content (AvgIpc) is 2.50. The molecule has 1 aromatic carbocycles. The first-order chi connectivity index (χ1) is 10.2. The Balaban J connectivity index is 2.14. The van der Waals surface area contributed by atoms with Gasteiger partial charge in [0.2, 0.25) is 0 Å². The normalized spacial score (nSPS) is 24.8. The van der Waals surface area contributed by atoms with E-state index in [1.165, 1.54) is 24.8 Å². The van der Waals surface area contributed by atoms with Gasteiger partial charge >= 0.3 is 0 Å². The molecule has 0 amide bonds. The molecule has 118 valence electrons. The number of hydrogen-bond donors (Lipinski definition) is 1. The van der Waals surface area contributed by atoms with Crippen LogP contribution in [0.5, 0.6) is 5.75 Å². The quantitative estimate of drug-likeness (QED) is 0.866. The van der Waals surface area contributed by atoms with Crippen LogP contribution in [-0.2, 0) is 0 Å². The smallest absolute Gasteiger partial charge is 0.119 e. The van der Waals surface area contributed by atoms with E-state index in [0.29, 0.717) is 18.1 Å². The zero-order chi connectivity index (χ0) is 15.2. The molecule has 1 aromatic rings. The van der Waals surface area contributed by atoms with Gasteiger partial charge in [-0.3, -0.25) is 4.90 Å². The number of nitrogens with zero attached hydrogens (tertiary/aromatic N) is 1. The number of likely N-dealkylation sites (N-methyl/N-ethyl adjacent to an activating group) is 1. The van der Waals surface area contributed by atoms with Crippen LogP contribution >= 0.6 is 0 Å². The van der Waals surface area contributed by atoms with Crippen molar-refractivity contribution in [2.24, 2.45) is 0 Å². The average molecular weight is 290 g/mol. The van der Waals surface area contributed by atoms with Gasteiger partial charge in [-0.25, -0.2) is 0 Å². The number of rotatable bonds is 6. The van der Waals surface area contributed by atoms with Gasteiger partial charge in [-0.1, -0.05) is 25.5 Å². The van der Waals surface area contributed by atoms with Crippen LogP contribution in [0.3, 0.4) is 0 Å². The molecule has 1 N–H and O–H groups in total. The SMILES string of the molecule is CCNC(CN1[C@H](C)CCC[C@@H]1C)c1cccc(OC)c1. The number of piperidine rings is 1. The Bertz CT molecular complexity index is 425. The van der Waals surface area contributed by atoms with E-state index >= 15 is 0 Å². The van der Waals surface area contributed by atoms with E-state index in [1.54, 1.807) is 7.11 Å². The largest absolute Gasteiger partial charge is 0.497 e. The molecular weight excluding hydrogens is 260 g/mol. The van der Waals surface area contributed by atoms with Gasteiger partial charge in [0.15, 0.2) is 0 Å². The maximum atomic E-state index is 5.37. The summed E-state index contributed by atoms with van der Waals surface area (Å²) in [4.78, 5) is 2.66. The second kappa shape index (κ2) is 7.81. The number of nitrogens with one attached hydrogen (secondary N) is 1. The molecule has 1 unspecified atom stereocenters. The zero-order valence-corrected chi connectivity index (χ0v) is 13.9. The number of ether oxygens (including phenoxy) is 1. The van der Waals surface area contributed by atoms with E-state index in [2.05, 4.69) is 49.2 Å². The highest BCUT2D eigenvalue weighted by atomic mass is 16.5. The summed E-state index contributed by atoms with van der Waals surface area (Å²) in [6.07, 6.45) is 4.01. The fraction of sp³-hybridized carbons (Fsp3) is 0.667. The number of methoxy groups -OCH3 is 1. The van der Waals surface area contributed by atoms with Crippen molar-refractivity contribution in [2.75, 3.05) is 20.2 Å². The summed E-state index contributed by atoms with van der Waals surface area (Å²) in [6.45, 7) is 8.96. The van der Waals surface area contributed by atoms with E-state index in [-0.39, 0.29) is 0 Å². The van der Waals surface area contributed by atoms with Crippen LogP contribution in [0.1, 0.15) is 51.6 Å². The molecule has 21 heavy (non-hydrogen) atoms. The summed E-state index contributed by atoms with van der Waals surface area (Å²) >= 11 is 0. The number of benzene rings is 1. The minimum atomic E-state index is 0.369. The van der Waals surface area contributed by atoms with Gasteiger partial charge < -0.3 is 10.1 Å². The Morgan fingerprint density at radius 3 is 2.62 bits per heavy atom. The summed E-state index contributed by atoms with van der Waals surface area (Å²) < 4.78 is 5.37. The van der Waals surface area contributed by atoms with E-state index < -0.39 is 0 Å². The molecule has 3 nitrogen and oxygen atoms in total. The highest BCUT2D eigenvalue weighted by Crippen LogP contribution is 2.27. The lowest BCUT2D eigenvalue weighted by Crippen LogP contribution is -2.47. The van der Waals surface area contributed by atoms with Crippen LogP contribution in [0.4, 0.5) is 0 Å². The minimum absolute atomic E-state index is 0.369. The fourth-order valence-corrected chi connectivity index (χ4v) is 3.44. The predicted octanol–water partition coefficient (Wildman–Crippen LogP) is 3.61. The van der Waals surface area contributed by atoms with Crippen molar-refractivity contribution in [1.82, 2.24) is 10.2 Å². The molecule has 1 aliphatic heterocycles. The van der Waals surface area contributed by atoms with Crippen LogP contribution in [0, 0.1) is 0 Å². The molecule has 3 atom stereocenters. The van der Waals surface area contributed by atoms with Gasteiger partial charge in [0.1, 0.15) is 5.75 Å². The summed E-state index contributed by atoms with van der Waals surface area (Å²) in [5.74, 6) is 0.940. The summed E-state index contributed by atoms with van der Waals surface area (Å²) in [7, 11) is 1.73. The molecule has 0 spiro atoms. The van der Waals surface area contributed by atoms with E-state index in [0.717, 1.165) is 18.8 Å². The number of hydrogen-bond acceptors (Lipinski definition) is 3. The monoisotopic (exact) mass is 290 g/mol. The van der Waals surface area contributed by atoms with Crippen molar-refractivity contribution in [3.63, 3.8) is 0 Å². The van der Waals surface area contributed by atoms with Crippen molar-refractivity contribution in [1.29, 1.82) is 0 Å². The van der Waals surface area contributed by atoms with Crippen molar-refractivity contribution < 1.29 is 4.74 Å². The minimum Gasteiger partial charge on any atom is -0.497 e. The maximum absolute atomic E-state index is 5.37. The molecule has 1 fully saturated rings. The molecule has 2 rings (SSSR count). The molecule has 0 saturated carbocycles. The van der Waals surface area contributed by atoms with Gasteiger partial charge in [0.25, 0.3) is 0 Å². The van der Waals surface area contributed by atoms with Gasteiger partial charge in [0, 0.05) is 24.7 Å².